The van der Waals surface area contributed by atoms with Crippen LogP contribution in [0.25, 0.3) is 27.8 Å². The molecule has 0 aliphatic carbocycles. The molecule has 0 aromatic carbocycles. The standard InChI is InChI=1S/C18H15F2N5O2/c1-27-16-5-3-11-12(6-22-17(11)24-16)10-2-4-15-21-7-13(25(15)9-10)18(26)23-8-14(19)20/h2-7,9,14H,8H2,1H3,(H,22,24)(H,23,26). The maximum Gasteiger partial charge on any atom is 0.270 e. The Morgan fingerprint density at radius 2 is 2.19 bits per heavy atom. The molecule has 4 aromatic rings. The van der Waals surface area contributed by atoms with Crippen molar-refractivity contribution in [3.8, 4) is 17.0 Å². The number of ether oxygens (including phenoxy) is 1. The number of aromatic nitrogens is 4. The zero-order valence-electron chi connectivity index (χ0n) is 14.2. The zero-order valence-corrected chi connectivity index (χ0v) is 14.2. The topological polar surface area (TPSA) is 84.3 Å². The third-order valence-electron chi connectivity index (χ3n) is 4.19. The van der Waals surface area contributed by atoms with Gasteiger partial charge in [-0.2, -0.15) is 4.98 Å². The molecule has 0 spiro atoms. The number of H-pyrrole nitrogens is 1. The minimum atomic E-state index is -2.61. The summed E-state index contributed by atoms with van der Waals surface area (Å²) in [5.74, 6) is -0.107. The van der Waals surface area contributed by atoms with Gasteiger partial charge in [0.05, 0.1) is 19.9 Å². The summed E-state index contributed by atoms with van der Waals surface area (Å²) in [5.41, 5.74) is 3.11. The summed E-state index contributed by atoms with van der Waals surface area (Å²) in [7, 11) is 1.55. The van der Waals surface area contributed by atoms with Crippen LogP contribution in [0.3, 0.4) is 0 Å². The van der Waals surface area contributed by atoms with Gasteiger partial charge >= 0.3 is 0 Å². The zero-order chi connectivity index (χ0) is 19.0. The Morgan fingerprint density at radius 3 is 2.96 bits per heavy atom. The predicted octanol–water partition coefficient (Wildman–Crippen LogP) is 2.88. The van der Waals surface area contributed by atoms with Gasteiger partial charge in [-0.3, -0.25) is 9.20 Å². The van der Waals surface area contributed by atoms with Gasteiger partial charge in [0, 0.05) is 35.0 Å². The Hall–Kier alpha value is -3.49. The number of carbonyl (C=O) groups is 1. The quantitative estimate of drug-likeness (QED) is 0.565. The number of imidazole rings is 1. The molecule has 1 amide bonds. The SMILES string of the molecule is COc1ccc2c(-c3ccc4ncc(C(=O)NCC(F)F)n4c3)c[nH]c2n1. The largest absolute Gasteiger partial charge is 0.481 e. The van der Waals surface area contributed by atoms with Crippen LogP contribution in [0.2, 0.25) is 0 Å². The maximum absolute atomic E-state index is 12.3. The van der Waals surface area contributed by atoms with E-state index in [1.807, 2.05) is 18.3 Å². The number of hydrogen-bond donors (Lipinski definition) is 2. The van der Waals surface area contributed by atoms with Crippen molar-refractivity contribution in [2.45, 2.75) is 6.43 Å². The van der Waals surface area contributed by atoms with Crippen molar-refractivity contribution in [1.82, 2.24) is 24.7 Å². The molecule has 2 N–H and O–H groups in total. The fourth-order valence-corrected chi connectivity index (χ4v) is 2.91. The van der Waals surface area contributed by atoms with Crippen molar-refractivity contribution in [1.29, 1.82) is 0 Å². The highest BCUT2D eigenvalue weighted by Gasteiger charge is 2.15. The average molecular weight is 371 g/mol. The van der Waals surface area contributed by atoms with Gasteiger partial charge in [0.25, 0.3) is 12.3 Å². The molecule has 0 fully saturated rings. The Morgan fingerprint density at radius 1 is 1.33 bits per heavy atom. The number of alkyl halides is 2. The van der Waals surface area contributed by atoms with Gasteiger partial charge in [0.2, 0.25) is 5.88 Å². The summed E-state index contributed by atoms with van der Waals surface area (Å²) >= 11 is 0. The Bertz CT molecular complexity index is 1140. The summed E-state index contributed by atoms with van der Waals surface area (Å²) in [6, 6.07) is 7.28. The molecular formula is C18H15F2N5O2. The van der Waals surface area contributed by atoms with Crippen molar-refractivity contribution in [2.24, 2.45) is 0 Å². The molecule has 9 heteroatoms. The third-order valence-corrected chi connectivity index (χ3v) is 4.19. The highest BCUT2D eigenvalue weighted by atomic mass is 19.3. The molecule has 27 heavy (non-hydrogen) atoms. The van der Waals surface area contributed by atoms with Gasteiger partial charge < -0.3 is 15.0 Å². The molecule has 138 valence electrons. The highest BCUT2D eigenvalue weighted by molar-refractivity contribution is 5.95. The van der Waals surface area contributed by atoms with Crippen molar-refractivity contribution in [3.63, 3.8) is 0 Å². The molecule has 0 saturated heterocycles. The van der Waals surface area contributed by atoms with E-state index in [-0.39, 0.29) is 5.69 Å². The lowest BCUT2D eigenvalue weighted by atomic mass is 10.1. The number of pyridine rings is 2. The molecule has 0 saturated carbocycles. The van der Waals surface area contributed by atoms with Crippen LogP contribution in [0.5, 0.6) is 5.88 Å². The highest BCUT2D eigenvalue weighted by Crippen LogP contribution is 2.29. The summed E-state index contributed by atoms with van der Waals surface area (Å²) in [6.45, 7) is -0.707. The molecule has 0 atom stereocenters. The van der Waals surface area contributed by atoms with Crippen molar-refractivity contribution in [3.05, 3.63) is 48.5 Å². The fraction of sp³-hybridized carbons (Fsp3) is 0.167. The molecular weight excluding hydrogens is 356 g/mol. The van der Waals surface area contributed by atoms with Crippen LogP contribution in [0, 0.1) is 0 Å². The molecule has 4 aromatic heterocycles. The molecule has 0 radical (unpaired) electrons. The van der Waals surface area contributed by atoms with Gasteiger partial charge in [-0.1, -0.05) is 0 Å². The van der Waals surface area contributed by atoms with E-state index in [4.69, 9.17) is 4.74 Å². The summed E-state index contributed by atoms with van der Waals surface area (Å²) in [5, 5.41) is 3.08. The monoisotopic (exact) mass is 371 g/mol. The number of fused-ring (bicyclic) bond motifs is 2. The number of carbonyl (C=O) groups excluding carboxylic acids is 1. The van der Waals surface area contributed by atoms with Gasteiger partial charge in [0.15, 0.2) is 0 Å². The lowest BCUT2D eigenvalue weighted by molar-refractivity contribution is 0.0886. The predicted molar refractivity (Wildman–Crippen MR) is 95.2 cm³/mol. The van der Waals surface area contributed by atoms with E-state index >= 15 is 0 Å². The summed E-state index contributed by atoms with van der Waals surface area (Å²) < 4.78 is 31.4. The number of amides is 1. The molecule has 4 heterocycles. The van der Waals surface area contributed by atoms with Crippen LogP contribution >= 0.6 is 0 Å². The smallest absolute Gasteiger partial charge is 0.270 e. The first kappa shape index (κ1) is 17.0. The number of rotatable bonds is 5. The van der Waals surface area contributed by atoms with E-state index in [1.54, 1.807) is 29.8 Å². The first-order valence-electron chi connectivity index (χ1n) is 8.13. The molecule has 7 nitrogen and oxygen atoms in total. The number of methoxy groups -OCH3 is 1. The molecule has 0 aliphatic rings. The Kier molecular flexibility index (Phi) is 4.19. The number of nitrogens with one attached hydrogen (secondary N) is 2. The van der Waals surface area contributed by atoms with Gasteiger partial charge in [0.1, 0.15) is 17.0 Å². The lowest BCUT2D eigenvalue weighted by Crippen LogP contribution is -2.29. The maximum atomic E-state index is 12.3. The van der Waals surface area contributed by atoms with Crippen molar-refractivity contribution < 1.29 is 18.3 Å². The number of halogens is 2. The molecule has 0 unspecified atom stereocenters. The van der Waals surface area contributed by atoms with Crippen LogP contribution in [0.1, 0.15) is 10.5 Å². The number of nitrogens with zero attached hydrogens (tertiary/aromatic N) is 3. The third kappa shape index (κ3) is 3.07. The number of aromatic amines is 1. The second-order valence-corrected chi connectivity index (χ2v) is 5.84. The van der Waals surface area contributed by atoms with E-state index < -0.39 is 18.9 Å². The van der Waals surface area contributed by atoms with E-state index in [0.29, 0.717) is 17.2 Å². The summed E-state index contributed by atoms with van der Waals surface area (Å²) in [6.07, 6.45) is 2.30. The number of hydrogen-bond acceptors (Lipinski definition) is 4. The van der Waals surface area contributed by atoms with Gasteiger partial charge in [-0.05, 0) is 18.2 Å². The van der Waals surface area contributed by atoms with E-state index in [0.717, 1.165) is 16.5 Å². The van der Waals surface area contributed by atoms with Gasteiger partial charge in [-0.25, -0.2) is 13.8 Å². The van der Waals surface area contributed by atoms with E-state index in [9.17, 15) is 13.6 Å². The molecule has 4 rings (SSSR count). The van der Waals surface area contributed by atoms with Crippen molar-refractivity contribution >= 4 is 22.6 Å². The first-order valence-corrected chi connectivity index (χ1v) is 8.13. The molecule has 0 aliphatic heterocycles. The van der Waals surface area contributed by atoms with Gasteiger partial charge in [-0.15, -0.1) is 0 Å². The van der Waals surface area contributed by atoms with Crippen LogP contribution < -0.4 is 10.1 Å². The fourth-order valence-electron chi connectivity index (χ4n) is 2.91. The average Bonchev–Trinajstić information content (AvgIpc) is 3.28. The first-order chi connectivity index (χ1) is 13.1. The summed E-state index contributed by atoms with van der Waals surface area (Å²) in [4.78, 5) is 23.8. The normalized spacial score (nSPS) is 11.4. The second-order valence-electron chi connectivity index (χ2n) is 5.84. The minimum Gasteiger partial charge on any atom is -0.481 e. The van der Waals surface area contributed by atoms with Crippen LogP contribution in [-0.4, -0.2) is 45.3 Å². The van der Waals surface area contributed by atoms with Crippen molar-refractivity contribution in [2.75, 3.05) is 13.7 Å². The lowest BCUT2D eigenvalue weighted by Gasteiger charge is -2.06. The molecule has 0 bridgehead atoms. The van der Waals surface area contributed by atoms with E-state index in [1.165, 1.54) is 6.20 Å². The van der Waals surface area contributed by atoms with Crippen LogP contribution in [0.15, 0.2) is 42.9 Å². The second kappa shape index (κ2) is 6.67. The Balaban J connectivity index is 1.75. The van der Waals surface area contributed by atoms with Crippen LogP contribution in [-0.2, 0) is 0 Å². The minimum absolute atomic E-state index is 0.187. The van der Waals surface area contributed by atoms with Crippen LogP contribution in [0.4, 0.5) is 8.78 Å². The Labute approximate surface area is 152 Å². The van der Waals surface area contributed by atoms with E-state index in [2.05, 4.69) is 20.3 Å².